The number of ketones is 1. The molecule has 1 unspecified atom stereocenters. The van der Waals surface area contributed by atoms with Gasteiger partial charge in [0.2, 0.25) is 0 Å². The molecule has 0 aromatic carbocycles. The van der Waals surface area contributed by atoms with Crippen molar-refractivity contribution >= 4 is 19.6 Å². The fourth-order valence-electron chi connectivity index (χ4n) is 0.202. The van der Waals surface area contributed by atoms with Crippen molar-refractivity contribution < 1.29 is 24.4 Å². The molecule has 0 saturated heterocycles. The van der Waals surface area contributed by atoms with Crippen LogP contribution in [0.2, 0.25) is 0 Å². The van der Waals surface area contributed by atoms with E-state index in [2.05, 4.69) is 0 Å². The van der Waals surface area contributed by atoms with Gasteiger partial charge in [-0.2, -0.15) is 0 Å². The lowest BCUT2D eigenvalue weighted by Crippen LogP contribution is -2.08. The van der Waals surface area contributed by atoms with Crippen LogP contribution in [0.3, 0.4) is 0 Å². The first-order chi connectivity index (χ1) is 5.07. The van der Waals surface area contributed by atoms with Crippen molar-refractivity contribution in [2.24, 2.45) is 0 Å². The molecule has 0 aliphatic heterocycles. The minimum absolute atomic E-state index is 0.671. The molecule has 5 nitrogen and oxygen atoms in total. The highest BCUT2D eigenvalue weighted by Crippen LogP contribution is 2.13. The summed E-state index contributed by atoms with van der Waals surface area (Å²) in [7, 11) is -2.18. The second-order valence-electron chi connectivity index (χ2n) is 1.39. The third-order valence-electron chi connectivity index (χ3n) is 0.617. The van der Waals surface area contributed by atoms with Gasteiger partial charge in [-0.25, -0.2) is 4.79 Å². The van der Waals surface area contributed by atoms with E-state index in [-0.39, 0.29) is 0 Å². The monoisotopic (exact) mass is 175 g/mol. The Morgan fingerprint density at radius 3 is 2.36 bits per heavy atom. The molecule has 0 aliphatic carbocycles. The van der Waals surface area contributed by atoms with Crippen LogP contribution in [-0.4, -0.2) is 28.3 Å². The van der Waals surface area contributed by atoms with Crippen LogP contribution in [0.15, 0.2) is 0 Å². The first-order valence-corrected chi connectivity index (χ1v) is 3.87. The van der Waals surface area contributed by atoms with Gasteiger partial charge in [0.25, 0.3) is 6.35 Å². The zero-order valence-corrected chi connectivity index (χ0v) is 6.17. The molecular weight excluding hydrogens is 171 g/mol. The van der Waals surface area contributed by atoms with E-state index in [0.29, 0.717) is 0 Å². The van der Waals surface area contributed by atoms with Crippen molar-refractivity contribution in [3.63, 3.8) is 0 Å². The van der Waals surface area contributed by atoms with E-state index in [1.807, 2.05) is 0 Å². The summed E-state index contributed by atoms with van der Waals surface area (Å²) in [6, 6.07) is 0. The number of hydrogen-bond acceptors (Lipinski definition) is 4. The average Bonchev–Trinajstić information content (AvgIpc) is 1.99. The number of Topliss-reactive ketones (excluding diaryl/α,β-unsaturated/α-hetero) is 1. The fourth-order valence-corrected chi connectivity index (χ4v) is 0.499. The topological polar surface area (TPSA) is 91.7 Å². The number of carbonyl (C=O) groups is 2. The van der Waals surface area contributed by atoms with Gasteiger partial charge in [-0.15, -0.1) is 0 Å². The zero-order valence-electron chi connectivity index (χ0n) is 5.27. The summed E-state index contributed by atoms with van der Waals surface area (Å²) in [6.07, 6.45) is -0.671. The summed E-state index contributed by atoms with van der Waals surface area (Å²) in [5, 5.41) is 16.1. The van der Waals surface area contributed by atoms with Crippen molar-refractivity contribution in [2.45, 2.75) is 0 Å². The van der Waals surface area contributed by atoms with Gasteiger partial charge in [0, 0.05) is 5.92 Å². The zero-order chi connectivity index (χ0) is 8.85. The molecule has 58 valence electrons. The van der Waals surface area contributed by atoms with E-state index in [1.54, 1.807) is 11.6 Å². The summed E-state index contributed by atoms with van der Waals surface area (Å²) in [5.74, 6) is -1.43. The molecule has 0 aromatic heterocycles. The summed E-state index contributed by atoms with van der Waals surface area (Å²) < 4.78 is 10.3. The van der Waals surface area contributed by atoms with Gasteiger partial charge < -0.3 is 10.2 Å². The summed E-state index contributed by atoms with van der Waals surface area (Å²) in [6.45, 7) is 0. The van der Waals surface area contributed by atoms with Crippen LogP contribution < -0.4 is 0 Å². The molecule has 0 heterocycles. The Bertz CT molecular complexity index is 258. The molecule has 0 bridgehead atoms. The molecule has 11 heavy (non-hydrogen) atoms. The Morgan fingerprint density at radius 1 is 1.45 bits per heavy atom. The van der Waals surface area contributed by atoms with Gasteiger partial charge in [-0.05, 0) is 0 Å². The SMILES string of the molecule is O=C(O)C(=O)C#C[P+](=O)CO. The van der Waals surface area contributed by atoms with Crippen LogP contribution in [0, 0.1) is 11.6 Å². The number of carboxylic acids is 1. The van der Waals surface area contributed by atoms with Crippen molar-refractivity contribution in [2.75, 3.05) is 6.35 Å². The maximum atomic E-state index is 10.3. The Labute approximate surface area is 62.8 Å². The molecule has 0 fully saturated rings. The van der Waals surface area contributed by atoms with Crippen LogP contribution in [-0.2, 0) is 14.2 Å². The number of aliphatic hydroxyl groups excluding tert-OH is 1. The maximum absolute atomic E-state index is 10.3. The number of aliphatic carboxylic acids is 1. The van der Waals surface area contributed by atoms with E-state index < -0.39 is 25.9 Å². The Kier molecular flexibility index (Phi) is 4.04. The molecule has 6 heteroatoms. The van der Waals surface area contributed by atoms with E-state index in [9.17, 15) is 14.2 Å². The lowest BCUT2D eigenvalue weighted by molar-refractivity contribution is -0.146. The van der Waals surface area contributed by atoms with Crippen molar-refractivity contribution in [3.8, 4) is 11.6 Å². The molecule has 2 N–H and O–H groups in total. The van der Waals surface area contributed by atoms with E-state index >= 15 is 0 Å². The third-order valence-corrected chi connectivity index (χ3v) is 1.23. The number of hydrogen-bond donors (Lipinski definition) is 2. The first-order valence-electron chi connectivity index (χ1n) is 2.42. The molecule has 0 radical (unpaired) electrons. The molecule has 0 aliphatic rings. The van der Waals surface area contributed by atoms with Gasteiger partial charge >= 0.3 is 19.6 Å². The summed E-state index contributed by atoms with van der Waals surface area (Å²) in [4.78, 5) is 20.0. The van der Waals surface area contributed by atoms with Crippen molar-refractivity contribution in [3.05, 3.63) is 0 Å². The standard InChI is InChI=1S/C5H3O5P/c6-3-11(10)2-1-4(7)5(8)9/h6H,3H2/p+1. The average molecular weight is 175 g/mol. The number of rotatable bonds is 2. The van der Waals surface area contributed by atoms with Gasteiger partial charge in [0.05, 0.1) is 0 Å². The van der Waals surface area contributed by atoms with Gasteiger partial charge in [0.1, 0.15) is 0 Å². The smallest absolute Gasteiger partial charge is 0.457 e. The molecule has 0 spiro atoms. The quantitative estimate of drug-likeness (QED) is 0.331. The maximum Gasteiger partial charge on any atom is 0.457 e. The van der Waals surface area contributed by atoms with E-state index in [0.717, 1.165) is 0 Å². The van der Waals surface area contributed by atoms with E-state index in [4.69, 9.17) is 10.2 Å². The molecule has 1 atom stereocenters. The van der Waals surface area contributed by atoms with Gasteiger partial charge in [-0.1, -0.05) is 4.57 Å². The Morgan fingerprint density at radius 2 is 2.00 bits per heavy atom. The number of carbonyl (C=O) groups excluding carboxylic acids is 1. The number of carboxylic acid groups (broad SMARTS) is 1. The lowest BCUT2D eigenvalue weighted by Gasteiger charge is -1.73. The van der Waals surface area contributed by atoms with Crippen LogP contribution in [0.1, 0.15) is 0 Å². The van der Waals surface area contributed by atoms with Crippen LogP contribution >= 0.6 is 7.80 Å². The highest BCUT2D eigenvalue weighted by molar-refractivity contribution is 7.50. The van der Waals surface area contributed by atoms with Gasteiger partial charge in [0.15, 0.2) is 5.66 Å². The normalized spacial score (nSPS) is 9.36. The van der Waals surface area contributed by atoms with Gasteiger partial charge in [-0.3, -0.25) is 4.79 Å². The third kappa shape index (κ3) is 4.20. The first kappa shape index (κ1) is 9.76. The Balaban J connectivity index is 4.19. The van der Waals surface area contributed by atoms with Crippen molar-refractivity contribution in [1.82, 2.24) is 0 Å². The minimum Gasteiger partial charge on any atom is -0.475 e. The largest absolute Gasteiger partial charge is 0.475 e. The highest BCUT2D eigenvalue weighted by Gasteiger charge is 2.11. The molecule has 0 aromatic rings. The second kappa shape index (κ2) is 4.56. The summed E-state index contributed by atoms with van der Waals surface area (Å²) in [5.41, 5.74) is 1.79. The molecule has 0 rings (SSSR count). The predicted octanol–water partition coefficient (Wildman–Crippen LogP) is -0.622. The van der Waals surface area contributed by atoms with Crippen LogP contribution in [0.25, 0.3) is 0 Å². The van der Waals surface area contributed by atoms with Crippen molar-refractivity contribution in [1.29, 1.82) is 0 Å². The summed E-state index contributed by atoms with van der Waals surface area (Å²) >= 11 is 0. The molecule has 0 saturated carbocycles. The number of aliphatic hydroxyl groups is 1. The Hall–Kier alpha value is -1.24. The minimum atomic E-state index is -2.18. The molecule has 0 amide bonds. The van der Waals surface area contributed by atoms with Crippen LogP contribution in [0.5, 0.6) is 0 Å². The second-order valence-corrected chi connectivity index (χ2v) is 2.65. The van der Waals surface area contributed by atoms with Crippen LogP contribution in [0.4, 0.5) is 0 Å². The van der Waals surface area contributed by atoms with E-state index in [1.165, 1.54) is 0 Å². The predicted molar refractivity (Wildman–Crippen MR) is 35.1 cm³/mol. The fraction of sp³-hybridized carbons (Fsp3) is 0.200. The highest BCUT2D eigenvalue weighted by atomic mass is 31.1. The lowest BCUT2D eigenvalue weighted by atomic mass is 10.4. The molecular formula is C5H4O5P+.